The molecule has 2 fully saturated rings. The molecule has 1 aromatic rings. The standard InChI is InChI=1S/C17H24O/c1-17(16(18)13-9-5-4-6-10-13)14-11-7-2-3-8-12-15(14)17/h4-6,9-10,14-16,18H,2-3,7-8,11-12H2,1H3/t14-,15+,16-,17?/m0/s1. The van der Waals surface area contributed by atoms with Crippen LogP contribution in [0.5, 0.6) is 0 Å². The van der Waals surface area contributed by atoms with Gasteiger partial charge in [-0.15, -0.1) is 0 Å². The Bertz CT molecular complexity index is 383. The second kappa shape index (κ2) is 4.70. The third kappa shape index (κ3) is 1.89. The molecule has 2 aliphatic rings. The monoisotopic (exact) mass is 244 g/mol. The Morgan fingerprint density at radius 1 is 1.00 bits per heavy atom. The average Bonchev–Trinajstić information content (AvgIpc) is 2.92. The molecule has 0 saturated heterocycles. The maximum absolute atomic E-state index is 10.7. The number of rotatable bonds is 2. The number of aliphatic hydroxyl groups excluding tert-OH is 1. The lowest BCUT2D eigenvalue weighted by molar-refractivity contribution is 0.0844. The SMILES string of the molecule is CC1([C@@H](O)c2ccccc2)[C@@H]2CCCCCC[C@@H]21. The van der Waals surface area contributed by atoms with Crippen molar-refractivity contribution < 1.29 is 5.11 Å². The summed E-state index contributed by atoms with van der Waals surface area (Å²) in [7, 11) is 0. The van der Waals surface area contributed by atoms with Gasteiger partial charge in [-0.25, -0.2) is 0 Å². The van der Waals surface area contributed by atoms with Gasteiger partial charge in [-0.05, 0) is 30.2 Å². The van der Waals surface area contributed by atoms with E-state index in [0.29, 0.717) is 0 Å². The molecule has 18 heavy (non-hydrogen) atoms. The van der Waals surface area contributed by atoms with E-state index < -0.39 is 0 Å². The topological polar surface area (TPSA) is 20.2 Å². The highest BCUT2D eigenvalue weighted by atomic mass is 16.3. The number of benzene rings is 1. The molecule has 1 N–H and O–H groups in total. The fourth-order valence-corrected chi connectivity index (χ4v) is 4.23. The third-order valence-electron chi connectivity index (χ3n) is 5.46. The highest BCUT2D eigenvalue weighted by molar-refractivity contribution is 5.25. The summed E-state index contributed by atoms with van der Waals surface area (Å²) in [6.45, 7) is 2.31. The van der Waals surface area contributed by atoms with Gasteiger partial charge >= 0.3 is 0 Å². The normalized spacial score (nSPS) is 37.2. The summed E-state index contributed by atoms with van der Waals surface area (Å²) in [6.07, 6.45) is 7.88. The van der Waals surface area contributed by atoms with Gasteiger partial charge in [-0.2, -0.15) is 0 Å². The van der Waals surface area contributed by atoms with E-state index in [9.17, 15) is 5.11 Å². The maximum Gasteiger partial charge on any atom is 0.0849 e. The van der Waals surface area contributed by atoms with Gasteiger partial charge in [-0.1, -0.05) is 62.9 Å². The molecule has 0 spiro atoms. The van der Waals surface area contributed by atoms with Crippen LogP contribution in [0.25, 0.3) is 0 Å². The molecular weight excluding hydrogens is 220 g/mol. The maximum atomic E-state index is 10.7. The summed E-state index contributed by atoms with van der Waals surface area (Å²) in [5.41, 5.74) is 1.25. The quantitative estimate of drug-likeness (QED) is 0.821. The first-order valence-electron chi connectivity index (χ1n) is 7.47. The molecule has 4 atom stereocenters. The van der Waals surface area contributed by atoms with Crippen LogP contribution in [-0.2, 0) is 0 Å². The van der Waals surface area contributed by atoms with Gasteiger partial charge in [0.2, 0.25) is 0 Å². The largest absolute Gasteiger partial charge is 0.388 e. The van der Waals surface area contributed by atoms with Crippen molar-refractivity contribution in [1.29, 1.82) is 0 Å². The summed E-state index contributed by atoms with van der Waals surface area (Å²) in [5.74, 6) is 1.51. The van der Waals surface area contributed by atoms with Gasteiger partial charge in [0.15, 0.2) is 0 Å². The lowest BCUT2D eigenvalue weighted by atomic mass is 9.90. The van der Waals surface area contributed by atoms with E-state index in [2.05, 4.69) is 19.1 Å². The van der Waals surface area contributed by atoms with Crippen LogP contribution in [-0.4, -0.2) is 5.11 Å². The van der Waals surface area contributed by atoms with Crippen molar-refractivity contribution in [3.05, 3.63) is 35.9 Å². The van der Waals surface area contributed by atoms with E-state index in [-0.39, 0.29) is 11.5 Å². The zero-order chi connectivity index (χ0) is 12.6. The Morgan fingerprint density at radius 2 is 1.56 bits per heavy atom. The second-order valence-electron chi connectivity index (χ2n) is 6.38. The Kier molecular flexibility index (Phi) is 3.19. The fraction of sp³-hybridized carbons (Fsp3) is 0.647. The van der Waals surface area contributed by atoms with Crippen molar-refractivity contribution in [3.63, 3.8) is 0 Å². The molecule has 0 amide bonds. The Labute approximate surface area is 110 Å². The van der Waals surface area contributed by atoms with E-state index in [1.165, 1.54) is 38.5 Å². The lowest BCUT2D eigenvalue weighted by Crippen LogP contribution is -2.14. The van der Waals surface area contributed by atoms with Gasteiger partial charge in [0.05, 0.1) is 6.10 Å². The predicted octanol–water partition coefficient (Wildman–Crippen LogP) is 4.33. The van der Waals surface area contributed by atoms with Crippen LogP contribution in [0.4, 0.5) is 0 Å². The van der Waals surface area contributed by atoms with Crippen LogP contribution in [0.1, 0.15) is 57.1 Å². The Morgan fingerprint density at radius 3 is 2.11 bits per heavy atom. The van der Waals surface area contributed by atoms with Crippen LogP contribution in [0.15, 0.2) is 30.3 Å². The Balaban J connectivity index is 1.79. The molecule has 98 valence electrons. The molecule has 0 bridgehead atoms. The van der Waals surface area contributed by atoms with Gasteiger partial charge in [0.25, 0.3) is 0 Å². The molecule has 1 heteroatoms. The van der Waals surface area contributed by atoms with E-state index in [0.717, 1.165) is 17.4 Å². The molecule has 2 saturated carbocycles. The summed E-state index contributed by atoms with van der Waals surface area (Å²) in [5, 5.41) is 10.7. The van der Waals surface area contributed by atoms with Gasteiger partial charge < -0.3 is 5.11 Å². The predicted molar refractivity (Wildman–Crippen MR) is 74.2 cm³/mol. The average molecular weight is 244 g/mol. The molecule has 2 aliphatic carbocycles. The number of fused-ring (bicyclic) bond motifs is 1. The first-order valence-corrected chi connectivity index (χ1v) is 7.47. The molecule has 3 rings (SSSR count). The van der Waals surface area contributed by atoms with E-state index in [1.807, 2.05) is 18.2 Å². The third-order valence-corrected chi connectivity index (χ3v) is 5.46. The lowest BCUT2D eigenvalue weighted by Gasteiger charge is -2.21. The van der Waals surface area contributed by atoms with Crippen LogP contribution in [0.3, 0.4) is 0 Å². The van der Waals surface area contributed by atoms with Gasteiger partial charge in [0, 0.05) is 5.41 Å². The van der Waals surface area contributed by atoms with Gasteiger partial charge in [-0.3, -0.25) is 0 Å². The smallest absolute Gasteiger partial charge is 0.0849 e. The highest BCUT2D eigenvalue weighted by Gasteiger charge is 2.63. The van der Waals surface area contributed by atoms with Crippen LogP contribution in [0.2, 0.25) is 0 Å². The minimum Gasteiger partial charge on any atom is -0.388 e. The fourth-order valence-electron chi connectivity index (χ4n) is 4.23. The number of hydrogen-bond donors (Lipinski definition) is 1. The molecule has 1 aromatic carbocycles. The van der Waals surface area contributed by atoms with Crippen molar-refractivity contribution in [2.45, 2.75) is 51.6 Å². The summed E-state index contributed by atoms with van der Waals surface area (Å²) >= 11 is 0. The van der Waals surface area contributed by atoms with Crippen molar-refractivity contribution >= 4 is 0 Å². The van der Waals surface area contributed by atoms with Crippen molar-refractivity contribution in [1.82, 2.24) is 0 Å². The summed E-state index contributed by atoms with van der Waals surface area (Å²) in [6, 6.07) is 10.2. The van der Waals surface area contributed by atoms with E-state index >= 15 is 0 Å². The van der Waals surface area contributed by atoms with Crippen molar-refractivity contribution in [3.8, 4) is 0 Å². The van der Waals surface area contributed by atoms with Crippen LogP contribution in [0, 0.1) is 17.3 Å². The molecular formula is C17H24O. The van der Waals surface area contributed by atoms with E-state index in [4.69, 9.17) is 0 Å². The zero-order valence-electron chi connectivity index (χ0n) is 11.3. The molecule has 0 radical (unpaired) electrons. The summed E-state index contributed by atoms with van der Waals surface area (Å²) in [4.78, 5) is 0. The number of aliphatic hydroxyl groups is 1. The molecule has 1 unspecified atom stereocenters. The number of hydrogen-bond acceptors (Lipinski definition) is 1. The molecule has 0 aliphatic heterocycles. The van der Waals surface area contributed by atoms with Crippen LogP contribution < -0.4 is 0 Å². The van der Waals surface area contributed by atoms with Crippen molar-refractivity contribution in [2.75, 3.05) is 0 Å². The Hall–Kier alpha value is -0.820. The summed E-state index contributed by atoms with van der Waals surface area (Å²) < 4.78 is 0. The highest BCUT2D eigenvalue weighted by Crippen LogP contribution is 2.68. The molecule has 0 aromatic heterocycles. The molecule has 1 nitrogen and oxygen atoms in total. The first kappa shape index (κ1) is 12.2. The molecule has 0 heterocycles. The second-order valence-corrected chi connectivity index (χ2v) is 6.38. The first-order chi connectivity index (χ1) is 8.74. The van der Waals surface area contributed by atoms with E-state index in [1.54, 1.807) is 0 Å². The minimum atomic E-state index is -0.271. The minimum absolute atomic E-state index is 0.145. The zero-order valence-corrected chi connectivity index (χ0v) is 11.3. The van der Waals surface area contributed by atoms with Crippen LogP contribution >= 0.6 is 0 Å². The van der Waals surface area contributed by atoms with Gasteiger partial charge in [0.1, 0.15) is 0 Å². The van der Waals surface area contributed by atoms with Crippen molar-refractivity contribution in [2.24, 2.45) is 17.3 Å².